The van der Waals surface area contributed by atoms with Crippen molar-refractivity contribution in [2.75, 3.05) is 0 Å². The van der Waals surface area contributed by atoms with E-state index in [-0.39, 0.29) is 6.04 Å². The van der Waals surface area contributed by atoms with Crippen LogP contribution in [0.1, 0.15) is 33.9 Å². The predicted octanol–water partition coefficient (Wildman–Crippen LogP) is 4.46. The molecule has 2 aromatic carbocycles. The highest BCUT2D eigenvalue weighted by Crippen LogP contribution is 2.24. The number of hydrogen-bond acceptors (Lipinski definition) is 1. The van der Waals surface area contributed by atoms with Gasteiger partial charge in [0.05, 0.1) is 0 Å². The van der Waals surface area contributed by atoms with Crippen LogP contribution in [0.4, 0.5) is 0 Å². The monoisotopic (exact) mass is 365 g/mol. The lowest BCUT2D eigenvalue weighted by Gasteiger charge is -2.16. The number of benzene rings is 2. The van der Waals surface area contributed by atoms with Gasteiger partial charge in [-0.05, 0) is 77.6 Å². The van der Waals surface area contributed by atoms with Gasteiger partial charge in [0.1, 0.15) is 0 Å². The molecule has 1 atom stereocenters. The second kappa shape index (κ2) is 6.06. The smallest absolute Gasteiger partial charge is 0.0346 e. The highest BCUT2D eigenvalue weighted by atomic mass is 127. The summed E-state index contributed by atoms with van der Waals surface area (Å²) in [6.45, 7) is 6.43. The second-order valence-corrected chi connectivity index (χ2v) is 6.29. The van der Waals surface area contributed by atoms with E-state index < -0.39 is 0 Å². The molecule has 0 spiro atoms. The Kier molecular flexibility index (Phi) is 4.63. The van der Waals surface area contributed by atoms with Crippen LogP contribution in [0.5, 0.6) is 0 Å². The first kappa shape index (κ1) is 14.5. The number of rotatable bonds is 3. The molecule has 0 aliphatic carbocycles. The molecule has 100 valence electrons. The lowest BCUT2D eigenvalue weighted by atomic mass is 9.96. The van der Waals surface area contributed by atoms with Crippen molar-refractivity contribution in [1.29, 1.82) is 0 Å². The summed E-state index contributed by atoms with van der Waals surface area (Å²) >= 11 is 2.39. The second-order valence-electron chi connectivity index (χ2n) is 5.21. The third-order valence-electron chi connectivity index (χ3n) is 3.65. The van der Waals surface area contributed by atoms with Gasteiger partial charge in [0.25, 0.3) is 0 Å². The molecule has 0 amide bonds. The van der Waals surface area contributed by atoms with E-state index in [2.05, 4.69) is 79.8 Å². The van der Waals surface area contributed by atoms with E-state index in [0.717, 1.165) is 6.42 Å². The van der Waals surface area contributed by atoms with Crippen LogP contribution in [0.25, 0.3) is 0 Å². The van der Waals surface area contributed by atoms with Crippen LogP contribution >= 0.6 is 22.6 Å². The van der Waals surface area contributed by atoms with Crippen LogP contribution < -0.4 is 5.73 Å². The Morgan fingerprint density at radius 2 is 1.74 bits per heavy atom. The van der Waals surface area contributed by atoms with E-state index in [9.17, 15) is 0 Å². The molecule has 0 bridgehead atoms. The van der Waals surface area contributed by atoms with Crippen LogP contribution in [-0.4, -0.2) is 0 Å². The van der Waals surface area contributed by atoms with Gasteiger partial charge in [0.15, 0.2) is 0 Å². The molecule has 0 saturated heterocycles. The quantitative estimate of drug-likeness (QED) is 0.799. The van der Waals surface area contributed by atoms with Gasteiger partial charge >= 0.3 is 0 Å². The number of halogens is 1. The SMILES string of the molecule is Cc1ccc(CC(N)c2cccc(C)c2I)cc1C. The largest absolute Gasteiger partial charge is 0.324 e. The predicted molar refractivity (Wildman–Crippen MR) is 90.4 cm³/mol. The van der Waals surface area contributed by atoms with E-state index in [1.807, 2.05) is 0 Å². The van der Waals surface area contributed by atoms with Gasteiger partial charge in [0, 0.05) is 9.61 Å². The minimum Gasteiger partial charge on any atom is -0.324 e. The average molecular weight is 365 g/mol. The molecule has 0 aromatic heterocycles. The summed E-state index contributed by atoms with van der Waals surface area (Å²) in [5.41, 5.74) is 12.9. The van der Waals surface area contributed by atoms with Crippen molar-refractivity contribution in [1.82, 2.24) is 0 Å². The summed E-state index contributed by atoms with van der Waals surface area (Å²) in [7, 11) is 0. The lowest BCUT2D eigenvalue weighted by molar-refractivity contribution is 0.716. The van der Waals surface area contributed by atoms with Gasteiger partial charge in [-0.3, -0.25) is 0 Å². The summed E-state index contributed by atoms with van der Waals surface area (Å²) in [6.07, 6.45) is 0.889. The van der Waals surface area contributed by atoms with Gasteiger partial charge in [-0.15, -0.1) is 0 Å². The average Bonchev–Trinajstić information content (AvgIpc) is 2.37. The number of aryl methyl sites for hydroxylation is 3. The molecule has 1 unspecified atom stereocenters. The Bertz CT molecular complexity index is 590. The Morgan fingerprint density at radius 1 is 1.00 bits per heavy atom. The third kappa shape index (κ3) is 3.37. The summed E-state index contributed by atoms with van der Waals surface area (Å²) in [6, 6.07) is 13.0. The van der Waals surface area contributed by atoms with Crippen LogP contribution in [0.2, 0.25) is 0 Å². The molecule has 2 heteroatoms. The highest BCUT2D eigenvalue weighted by Gasteiger charge is 2.12. The zero-order valence-electron chi connectivity index (χ0n) is 11.7. The number of nitrogens with two attached hydrogens (primary N) is 1. The zero-order valence-corrected chi connectivity index (χ0v) is 13.9. The molecule has 2 rings (SSSR count). The van der Waals surface area contributed by atoms with Crippen LogP contribution in [0, 0.1) is 24.3 Å². The molecule has 2 aromatic rings. The Morgan fingerprint density at radius 3 is 2.42 bits per heavy atom. The highest BCUT2D eigenvalue weighted by molar-refractivity contribution is 14.1. The van der Waals surface area contributed by atoms with Crippen molar-refractivity contribution in [2.45, 2.75) is 33.2 Å². The van der Waals surface area contributed by atoms with Gasteiger partial charge in [0.2, 0.25) is 0 Å². The van der Waals surface area contributed by atoms with Crippen LogP contribution in [0.15, 0.2) is 36.4 Å². The molecule has 0 aliphatic rings. The fraction of sp³-hybridized carbons (Fsp3) is 0.294. The van der Waals surface area contributed by atoms with E-state index in [0.29, 0.717) is 0 Å². The van der Waals surface area contributed by atoms with Gasteiger partial charge < -0.3 is 5.73 Å². The van der Waals surface area contributed by atoms with Gasteiger partial charge in [-0.2, -0.15) is 0 Å². The fourth-order valence-corrected chi connectivity index (χ4v) is 3.01. The van der Waals surface area contributed by atoms with Crippen molar-refractivity contribution in [3.05, 3.63) is 67.8 Å². The van der Waals surface area contributed by atoms with Crippen molar-refractivity contribution in [3.63, 3.8) is 0 Å². The summed E-state index contributed by atoms with van der Waals surface area (Å²) in [5.74, 6) is 0. The van der Waals surface area contributed by atoms with Gasteiger partial charge in [-0.25, -0.2) is 0 Å². The first-order valence-corrected chi connectivity index (χ1v) is 7.63. The molecule has 0 saturated carbocycles. The van der Waals surface area contributed by atoms with Crippen LogP contribution in [-0.2, 0) is 6.42 Å². The molecule has 0 fully saturated rings. The molecule has 0 radical (unpaired) electrons. The first-order chi connectivity index (χ1) is 8.99. The van der Waals surface area contributed by atoms with Crippen LogP contribution in [0.3, 0.4) is 0 Å². The summed E-state index contributed by atoms with van der Waals surface area (Å²) < 4.78 is 1.29. The van der Waals surface area contributed by atoms with Crippen molar-refractivity contribution < 1.29 is 0 Å². The normalized spacial score (nSPS) is 12.5. The fourth-order valence-electron chi connectivity index (χ4n) is 2.25. The lowest BCUT2D eigenvalue weighted by Crippen LogP contribution is -2.15. The van der Waals surface area contributed by atoms with Gasteiger partial charge in [-0.1, -0.05) is 36.4 Å². The zero-order chi connectivity index (χ0) is 14.0. The number of hydrogen-bond donors (Lipinski definition) is 1. The summed E-state index contributed by atoms with van der Waals surface area (Å²) in [4.78, 5) is 0. The standard InChI is InChI=1S/C17H20IN/c1-11-7-8-14(9-13(11)3)10-16(19)15-6-4-5-12(2)17(15)18/h4-9,16H,10,19H2,1-3H3. The van der Waals surface area contributed by atoms with Crippen molar-refractivity contribution in [2.24, 2.45) is 5.73 Å². The Labute approximate surface area is 129 Å². The van der Waals surface area contributed by atoms with Crippen molar-refractivity contribution in [3.8, 4) is 0 Å². The van der Waals surface area contributed by atoms with E-state index >= 15 is 0 Å². The maximum absolute atomic E-state index is 6.38. The Balaban J connectivity index is 2.23. The molecule has 19 heavy (non-hydrogen) atoms. The molecule has 2 N–H and O–H groups in total. The third-order valence-corrected chi connectivity index (χ3v) is 5.12. The van der Waals surface area contributed by atoms with Crippen molar-refractivity contribution >= 4 is 22.6 Å². The van der Waals surface area contributed by atoms with E-state index in [4.69, 9.17) is 5.73 Å². The van der Waals surface area contributed by atoms with E-state index in [1.165, 1.54) is 31.4 Å². The molecular formula is C17H20IN. The maximum Gasteiger partial charge on any atom is 0.0346 e. The maximum atomic E-state index is 6.38. The first-order valence-electron chi connectivity index (χ1n) is 6.55. The molecule has 0 aliphatic heterocycles. The van der Waals surface area contributed by atoms with E-state index in [1.54, 1.807) is 0 Å². The molecular weight excluding hydrogens is 345 g/mol. The summed E-state index contributed by atoms with van der Waals surface area (Å²) in [5, 5.41) is 0. The molecule has 0 heterocycles. The minimum absolute atomic E-state index is 0.0638. The molecule has 1 nitrogen and oxygen atoms in total. The Hall–Kier alpha value is -0.870. The minimum atomic E-state index is 0.0638. The topological polar surface area (TPSA) is 26.0 Å².